The normalized spacial score (nSPS) is 35.6. The zero-order chi connectivity index (χ0) is 13.8. The number of hydrogen-bond acceptors (Lipinski definition) is 2. The summed E-state index contributed by atoms with van der Waals surface area (Å²) in [6.07, 6.45) is 5.93. The van der Waals surface area contributed by atoms with Gasteiger partial charge in [-0.05, 0) is 65.1 Å². The lowest BCUT2D eigenvalue weighted by atomic mass is 9.70. The van der Waals surface area contributed by atoms with Crippen molar-refractivity contribution in [2.45, 2.75) is 53.1 Å². The van der Waals surface area contributed by atoms with E-state index in [1.54, 1.807) is 0 Å². The van der Waals surface area contributed by atoms with Crippen molar-refractivity contribution in [2.24, 2.45) is 16.7 Å². The number of hydrogen-bond donors (Lipinski definition) is 0. The Hall–Kier alpha value is -0.570. The van der Waals surface area contributed by atoms with Crippen molar-refractivity contribution in [1.82, 2.24) is 4.98 Å². The average molecular weight is 324 g/mol. The highest BCUT2D eigenvalue weighted by molar-refractivity contribution is 9.10. The molecule has 0 amide bonds. The highest BCUT2D eigenvalue weighted by atomic mass is 79.9. The summed E-state index contributed by atoms with van der Waals surface area (Å²) in [5.41, 5.74) is 1.84. The Balaban J connectivity index is 1.88. The van der Waals surface area contributed by atoms with Crippen LogP contribution in [-0.4, -0.2) is 11.1 Å². The fraction of sp³-hybridized carbons (Fsp3) is 0.688. The topological polar surface area (TPSA) is 22.1 Å². The second-order valence-corrected chi connectivity index (χ2v) is 7.76. The maximum Gasteiger partial charge on any atom is 0.228 e. The molecule has 3 heteroatoms. The van der Waals surface area contributed by atoms with Gasteiger partial charge in [0.2, 0.25) is 5.88 Å². The molecule has 0 spiro atoms. The van der Waals surface area contributed by atoms with E-state index in [-0.39, 0.29) is 5.41 Å². The van der Waals surface area contributed by atoms with E-state index in [1.807, 2.05) is 12.3 Å². The molecule has 3 atom stereocenters. The van der Waals surface area contributed by atoms with Crippen molar-refractivity contribution < 1.29 is 4.74 Å². The van der Waals surface area contributed by atoms with Gasteiger partial charge in [0.25, 0.3) is 0 Å². The van der Waals surface area contributed by atoms with Gasteiger partial charge in [-0.15, -0.1) is 0 Å². The van der Waals surface area contributed by atoms with Crippen molar-refractivity contribution in [1.29, 1.82) is 0 Å². The third-order valence-electron chi connectivity index (χ3n) is 6.02. The molecule has 2 fully saturated rings. The van der Waals surface area contributed by atoms with Gasteiger partial charge < -0.3 is 4.74 Å². The molecule has 2 bridgehead atoms. The lowest BCUT2D eigenvalue weighted by Crippen LogP contribution is -2.39. The molecule has 1 aromatic rings. The van der Waals surface area contributed by atoms with Gasteiger partial charge in [-0.2, -0.15) is 0 Å². The largest absolute Gasteiger partial charge is 0.473 e. The Kier molecular flexibility index (Phi) is 2.97. The Bertz CT molecular complexity index is 513. The first-order chi connectivity index (χ1) is 8.86. The van der Waals surface area contributed by atoms with E-state index in [9.17, 15) is 0 Å². The third kappa shape index (κ3) is 1.77. The molecule has 2 nitrogen and oxygen atoms in total. The van der Waals surface area contributed by atoms with Crippen LogP contribution in [0.2, 0.25) is 0 Å². The number of rotatable bonds is 2. The van der Waals surface area contributed by atoms with Crippen LogP contribution in [-0.2, 0) is 0 Å². The van der Waals surface area contributed by atoms with Gasteiger partial charge in [0.15, 0.2) is 0 Å². The van der Waals surface area contributed by atoms with E-state index in [2.05, 4.69) is 48.6 Å². The number of ether oxygens (including phenoxy) is 1. The smallest absolute Gasteiger partial charge is 0.228 e. The van der Waals surface area contributed by atoms with Gasteiger partial charge in [0, 0.05) is 11.6 Å². The zero-order valence-electron chi connectivity index (χ0n) is 12.2. The van der Waals surface area contributed by atoms with Crippen LogP contribution in [0.15, 0.2) is 16.7 Å². The molecule has 2 aliphatic rings. The summed E-state index contributed by atoms with van der Waals surface area (Å²) in [5, 5.41) is 0. The monoisotopic (exact) mass is 323 g/mol. The summed E-state index contributed by atoms with van der Waals surface area (Å²) >= 11 is 3.60. The molecule has 3 unspecified atom stereocenters. The van der Waals surface area contributed by atoms with Gasteiger partial charge in [-0.25, -0.2) is 4.98 Å². The molecule has 104 valence electrons. The maximum atomic E-state index is 6.30. The molecule has 0 aromatic carbocycles. The van der Waals surface area contributed by atoms with Crippen molar-refractivity contribution in [3.05, 3.63) is 22.3 Å². The highest BCUT2D eigenvalue weighted by Crippen LogP contribution is 2.66. The molecule has 1 aromatic heterocycles. The van der Waals surface area contributed by atoms with Crippen molar-refractivity contribution in [3.63, 3.8) is 0 Å². The minimum Gasteiger partial charge on any atom is -0.473 e. The Morgan fingerprint density at radius 3 is 2.68 bits per heavy atom. The first kappa shape index (κ1) is 13.4. The van der Waals surface area contributed by atoms with Crippen LogP contribution >= 0.6 is 15.9 Å². The number of fused-ring (bicyclic) bond motifs is 2. The van der Waals surface area contributed by atoms with E-state index in [0.717, 1.165) is 16.3 Å². The maximum absolute atomic E-state index is 6.30. The van der Waals surface area contributed by atoms with Gasteiger partial charge in [0.1, 0.15) is 6.10 Å². The van der Waals surface area contributed by atoms with Gasteiger partial charge in [-0.3, -0.25) is 0 Å². The number of nitrogens with zero attached hydrogens (tertiary/aromatic N) is 1. The number of aromatic nitrogens is 1. The molecule has 19 heavy (non-hydrogen) atoms. The standard InChI is InChI=1S/C16H22BrNO/c1-10-6-8-18-14(13(10)17)19-12-9-11-5-7-16(12,4)15(11,2)3/h6,8,11-12H,5,7,9H2,1-4H3. The quantitative estimate of drug-likeness (QED) is 0.783. The molecule has 0 N–H and O–H groups in total. The summed E-state index contributed by atoms with van der Waals surface area (Å²) in [5.74, 6) is 1.56. The van der Waals surface area contributed by atoms with E-state index < -0.39 is 0 Å². The number of halogens is 1. The zero-order valence-corrected chi connectivity index (χ0v) is 13.8. The van der Waals surface area contributed by atoms with Crippen LogP contribution < -0.4 is 4.74 Å². The molecular weight excluding hydrogens is 302 g/mol. The molecule has 0 aliphatic heterocycles. The predicted molar refractivity (Wildman–Crippen MR) is 80.3 cm³/mol. The van der Waals surface area contributed by atoms with E-state index in [0.29, 0.717) is 11.5 Å². The lowest BCUT2D eigenvalue weighted by molar-refractivity contribution is 0.0267. The van der Waals surface area contributed by atoms with Crippen molar-refractivity contribution in [2.75, 3.05) is 0 Å². The summed E-state index contributed by atoms with van der Waals surface area (Å²) in [7, 11) is 0. The van der Waals surface area contributed by atoms with Crippen LogP contribution in [0, 0.1) is 23.7 Å². The van der Waals surface area contributed by atoms with E-state index in [1.165, 1.54) is 24.8 Å². The van der Waals surface area contributed by atoms with Crippen molar-refractivity contribution >= 4 is 15.9 Å². The average Bonchev–Trinajstić information content (AvgIpc) is 2.68. The van der Waals surface area contributed by atoms with Crippen molar-refractivity contribution in [3.8, 4) is 5.88 Å². The molecule has 3 rings (SSSR count). The van der Waals surface area contributed by atoms with Crippen LogP contribution in [0.1, 0.15) is 45.6 Å². The summed E-state index contributed by atoms with van der Waals surface area (Å²) in [6, 6.07) is 2.00. The Labute approximate surface area is 124 Å². The Morgan fingerprint density at radius 2 is 2.11 bits per heavy atom. The minimum absolute atomic E-state index is 0.280. The van der Waals surface area contributed by atoms with Gasteiger partial charge in [0.05, 0.1) is 4.47 Å². The minimum atomic E-state index is 0.280. The van der Waals surface area contributed by atoms with Crippen LogP contribution in [0.5, 0.6) is 5.88 Å². The molecular formula is C16H22BrNO. The highest BCUT2D eigenvalue weighted by Gasteiger charge is 2.62. The van der Waals surface area contributed by atoms with E-state index in [4.69, 9.17) is 4.74 Å². The number of pyridine rings is 1. The first-order valence-electron chi connectivity index (χ1n) is 7.14. The first-order valence-corrected chi connectivity index (χ1v) is 7.93. The summed E-state index contributed by atoms with van der Waals surface area (Å²) in [4.78, 5) is 4.40. The van der Waals surface area contributed by atoms with Crippen LogP contribution in [0.4, 0.5) is 0 Å². The summed E-state index contributed by atoms with van der Waals surface area (Å²) < 4.78 is 7.30. The SMILES string of the molecule is Cc1ccnc(OC2CC3CCC2(C)C3(C)C)c1Br. The molecule has 2 aliphatic carbocycles. The lowest BCUT2D eigenvalue weighted by Gasteiger charge is -2.38. The molecule has 0 radical (unpaired) electrons. The summed E-state index contributed by atoms with van der Waals surface area (Å²) in [6.45, 7) is 9.29. The van der Waals surface area contributed by atoms with Crippen LogP contribution in [0.3, 0.4) is 0 Å². The van der Waals surface area contributed by atoms with Crippen LogP contribution in [0.25, 0.3) is 0 Å². The predicted octanol–water partition coefficient (Wildman–Crippen LogP) is 4.75. The fourth-order valence-electron chi connectivity index (χ4n) is 4.04. The molecule has 2 saturated carbocycles. The fourth-order valence-corrected chi connectivity index (χ4v) is 4.37. The van der Waals surface area contributed by atoms with Gasteiger partial charge in [-0.1, -0.05) is 20.8 Å². The second-order valence-electron chi connectivity index (χ2n) is 6.96. The number of aryl methyl sites for hydroxylation is 1. The second kappa shape index (κ2) is 4.21. The van der Waals surface area contributed by atoms with Gasteiger partial charge >= 0.3 is 0 Å². The Morgan fingerprint density at radius 1 is 1.37 bits per heavy atom. The van der Waals surface area contributed by atoms with E-state index >= 15 is 0 Å². The molecule has 0 saturated heterocycles. The third-order valence-corrected chi connectivity index (χ3v) is 6.98. The molecule has 1 heterocycles.